The fourth-order valence-electron chi connectivity index (χ4n) is 1.29. The highest BCUT2D eigenvalue weighted by atomic mass is 19.1. The highest BCUT2D eigenvalue weighted by molar-refractivity contribution is 5.84. The lowest BCUT2D eigenvalue weighted by Crippen LogP contribution is -1.91. The van der Waals surface area contributed by atoms with Crippen LogP contribution >= 0.6 is 0 Å². The Kier molecular flexibility index (Phi) is 4.68. The van der Waals surface area contributed by atoms with Gasteiger partial charge in [0.2, 0.25) is 0 Å². The maximum atomic E-state index is 13.2. The molecule has 0 aliphatic carbocycles. The molecule has 0 amide bonds. The minimum atomic E-state index is -0.141. The van der Waals surface area contributed by atoms with Gasteiger partial charge in [-0.15, -0.1) is 0 Å². The Balaban J connectivity index is 2.32. The van der Waals surface area contributed by atoms with Crippen molar-refractivity contribution in [2.75, 3.05) is 0 Å². The number of rotatable bonds is 4. The molecule has 0 heterocycles. The molecule has 1 rings (SSSR count). The van der Waals surface area contributed by atoms with Crippen molar-refractivity contribution >= 4 is 12.1 Å². The average Bonchev–Trinajstić information content (AvgIpc) is 2.20. The first-order chi connectivity index (χ1) is 7.20. The third-order valence-corrected chi connectivity index (χ3v) is 2.02. The minimum Gasteiger partial charge on any atom is -0.287 e. The fourth-order valence-corrected chi connectivity index (χ4v) is 1.29. The van der Waals surface area contributed by atoms with Crippen LogP contribution in [0, 0.1) is 11.2 Å². The van der Waals surface area contributed by atoms with Crippen molar-refractivity contribution in [3.05, 3.63) is 35.6 Å². The van der Waals surface area contributed by atoms with Crippen molar-refractivity contribution in [3.8, 4) is 0 Å². The monoisotopic (exact) mass is 206 g/mol. The summed E-state index contributed by atoms with van der Waals surface area (Å²) in [6.45, 7) is 1.63. The van der Waals surface area contributed by atoms with Gasteiger partial charge in [0.15, 0.2) is 0 Å². The van der Waals surface area contributed by atoms with E-state index in [0.29, 0.717) is 5.84 Å². The van der Waals surface area contributed by atoms with Crippen molar-refractivity contribution in [2.45, 2.75) is 26.2 Å². The molecule has 2 nitrogen and oxygen atoms in total. The van der Waals surface area contributed by atoms with Gasteiger partial charge in [-0.3, -0.25) is 5.41 Å². The number of nitrogens with zero attached hydrogens (tertiary/aromatic N) is 1. The summed E-state index contributed by atoms with van der Waals surface area (Å²) in [5.74, 6) is 0.165. The van der Waals surface area contributed by atoms with Gasteiger partial charge in [-0.2, -0.15) is 0 Å². The molecule has 0 bridgehead atoms. The Morgan fingerprint density at radius 3 is 2.87 bits per heavy atom. The molecule has 0 aliphatic rings. The summed E-state index contributed by atoms with van der Waals surface area (Å²) in [7, 11) is 0. The number of halogens is 1. The molecule has 0 fully saturated rings. The van der Waals surface area contributed by atoms with Gasteiger partial charge in [0.1, 0.15) is 11.7 Å². The lowest BCUT2D eigenvalue weighted by molar-refractivity contribution is 0.606. The van der Waals surface area contributed by atoms with Crippen LogP contribution in [0.25, 0.3) is 0 Å². The van der Waals surface area contributed by atoms with E-state index in [1.165, 1.54) is 6.07 Å². The number of hydrogen-bond donors (Lipinski definition) is 1. The normalized spacial score (nSPS) is 10.8. The zero-order valence-corrected chi connectivity index (χ0v) is 8.83. The fraction of sp³-hybridized carbons (Fsp3) is 0.333. The third-order valence-electron chi connectivity index (χ3n) is 2.02. The predicted molar refractivity (Wildman–Crippen MR) is 61.2 cm³/mol. The summed E-state index contributed by atoms with van der Waals surface area (Å²) in [5, 5.41) is 7.07. The third kappa shape index (κ3) is 4.49. The number of benzene rings is 1. The summed E-state index contributed by atoms with van der Waals surface area (Å²) in [4.78, 5) is 3.84. The molecule has 0 spiro atoms. The molecular formula is C12H15FN2. The second-order valence-corrected chi connectivity index (χ2v) is 3.38. The largest absolute Gasteiger partial charge is 0.287 e. The zero-order chi connectivity index (χ0) is 11.1. The molecule has 0 saturated heterocycles. The van der Waals surface area contributed by atoms with Crippen LogP contribution in [0.1, 0.15) is 25.3 Å². The molecule has 1 aromatic rings. The van der Waals surface area contributed by atoms with Crippen molar-refractivity contribution in [2.24, 2.45) is 4.99 Å². The molecule has 0 aromatic heterocycles. The summed E-state index contributed by atoms with van der Waals surface area (Å²) < 4.78 is 13.2. The summed E-state index contributed by atoms with van der Waals surface area (Å²) >= 11 is 0. The highest BCUT2D eigenvalue weighted by Crippen LogP contribution is 2.09. The van der Waals surface area contributed by atoms with Crippen molar-refractivity contribution in [3.63, 3.8) is 0 Å². The number of nitrogens with one attached hydrogen (secondary N) is 1. The predicted octanol–water partition coefficient (Wildman–Crippen LogP) is 3.22. The van der Waals surface area contributed by atoms with Gasteiger partial charge in [-0.05, 0) is 37.8 Å². The lowest BCUT2D eigenvalue weighted by atomic mass is 10.1. The smallest absolute Gasteiger partial charge is 0.126 e. The first-order valence-electron chi connectivity index (χ1n) is 5.01. The van der Waals surface area contributed by atoms with Crippen molar-refractivity contribution in [1.29, 1.82) is 5.41 Å². The standard InChI is InChI=1S/C12H15FN2/c1-10(14)15-9-5-4-7-11-6-2-3-8-12(11)13/h2-3,6,8-9,14H,4-5,7H2,1H3. The second-order valence-electron chi connectivity index (χ2n) is 3.38. The second kappa shape index (κ2) is 6.06. The van der Waals surface area contributed by atoms with E-state index >= 15 is 0 Å². The van der Waals surface area contributed by atoms with E-state index in [0.717, 1.165) is 24.8 Å². The Morgan fingerprint density at radius 2 is 2.20 bits per heavy atom. The molecule has 1 aromatic carbocycles. The van der Waals surface area contributed by atoms with Gasteiger partial charge < -0.3 is 0 Å². The van der Waals surface area contributed by atoms with E-state index in [1.807, 2.05) is 6.07 Å². The van der Waals surface area contributed by atoms with Crippen LogP contribution in [0.5, 0.6) is 0 Å². The Hall–Kier alpha value is -1.51. The van der Waals surface area contributed by atoms with Crippen LogP contribution < -0.4 is 0 Å². The first-order valence-corrected chi connectivity index (χ1v) is 5.01. The van der Waals surface area contributed by atoms with E-state index in [9.17, 15) is 4.39 Å². The Labute approximate surface area is 89.4 Å². The van der Waals surface area contributed by atoms with E-state index in [-0.39, 0.29) is 5.82 Å². The summed E-state index contributed by atoms with van der Waals surface area (Å²) in [5.41, 5.74) is 0.748. The topological polar surface area (TPSA) is 36.2 Å². The molecule has 0 aliphatic heterocycles. The number of aryl methyl sites for hydroxylation is 1. The van der Waals surface area contributed by atoms with Gasteiger partial charge in [-0.1, -0.05) is 18.2 Å². The van der Waals surface area contributed by atoms with E-state index in [4.69, 9.17) is 5.41 Å². The minimum absolute atomic E-state index is 0.141. The van der Waals surface area contributed by atoms with E-state index in [2.05, 4.69) is 4.99 Å². The molecular weight excluding hydrogens is 191 g/mol. The van der Waals surface area contributed by atoms with Gasteiger partial charge >= 0.3 is 0 Å². The van der Waals surface area contributed by atoms with Crippen LogP contribution in [0.3, 0.4) is 0 Å². The van der Waals surface area contributed by atoms with E-state index < -0.39 is 0 Å². The van der Waals surface area contributed by atoms with Crippen LogP contribution in [-0.4, -0.2) is 12.1 Å². The Bertz CT molecular complexity index is 358. The summed E-state index contributed by atoms with van der Waals surface area (Å²) in [6, 6.07) is 6.81. The first kappa shape index (κ1) is 11.6. The Morgan fingerprint density at radius 1 is 1.47 bits per heavy atom. The number of hydrogen-bond acceptors (Lipinski definition) is 1. The van der Waals surface area contributed by atoms with Crippen LogP contribution in [0.2, 0.25) is 0 Å². The molecule has 0 atom stereocenters. The van der Waals surface area contributed by atoms with Crippen LogP contribution in [-0.2, 0) is 6.42 Å². The average molecular weight is 206 g/mol. The zero-order valence-electron chi connectivity index (χ0n) is 8.83. The van der Waals surface area contributed by atoms with Gasteiger partial charge in [0, 0.05) is 6.21 Å². The molecule has 0 saturated carbocycles. The molecule has 0 radical (unpaired) electrons. The number of amidine groups is 1. The maximum absolute atomic E-state index is 13.2. The van der Waals surface area contributed by atoms with Crippen LogP contribution in [0.4, 0.5) is 4.39 Å². The molecule has 15 heavy (non-hydrogen) atoms. The molecule has 80 valence electrons. The van der Waals surface area contributed by atoms with Gasteiger partial charge in [0.25, 0.3) is 0 Å². The van der Waals surface area contributed by atoms with Crippen molar-refractivity contribution in [1.82, 2.24) is 0 Å². The number of aliphatic imine (C=N–C) groups is 1. The van der Waals surface area contributed by atoms with Gasteiger partial charge in [0.05, 0.1) is 0 Å². The molecule has 3 heteroatoms. The van der Waals surface area contributed by atoms with Crippen molar-refractivity contribution < 1.29 is 4.39 Å². The molecule has 1 N–H and O–H groups in total. The molecule has 0 unspecified atom stereocenters. The van der Waals surface area contributed by atoms with Crippen LogP contribution in [0.15, 0.2) is 29.3 Å². The lowest BCUT2D eigenvalue weighted by Gasteiger charge is -2.00. The maximum Gasteiger partial charge on any atom is 0.126 e. The van der Waals surface area contributed by atoms with Gasteiger partial charge in [-0.25, -0.2) is 9.38 Å². The highest BCUT2D eigenvalue weighted by Gasteiger charge is 1.98. The number of unbranched alkanes of at least 4 members (excludes halogenated alkanes) is 1. The summed E-state index contributed by atoms with van der Waals surface area (Å²) in [6.07, 6.45) is 4.07. The quantitative estimate of drug-likeness (QED) is 0.446. The van der Waals surface area contributed by atoms with E-state index in [1.54, 1.807) is 25.3 Å². The SMILES string of the molecule is CC(=N)N=CCCCc1ccccc1F.